The van der Waals surface area contributed by atoms with Crippen LogP contribution in [0.15, 0.2) is 42.5 Å². The predicted molar refractivity (Wildman–Crippen MR) is 99.7 cm³/mol. The van der Waals surface area contributed by atoms with Crippen LogP contribution in [-0.4, -0.2) is 36.7 Å². The summed E-state index contributed by atoms with van der Waals surface area (Å²) in [6, 6.07) is 13.0. The zero-order valence-corrected chi connectivity index (χ0v) is 15.6. The van der Waals surface area contributed by atoms with Crippen LogP contribution < -0.4 is 9.47 Å². The van der Waals surface area contributed by atoms with Crippen LogP contribution in [0.2, 0.25) is 0 Å². The van der Waals surface area contributed by atoms with E-state index in [2.05, 4.69) is 0 Å². The molecule has 142 valence electrons. The first-order valence-corrected chi connectivity index (χ1v) is 8.97. The molecule has 3 rings (SSSR count). The lowest BCUT2D eigenvalue weighted by molar-refractivity contribution is -0.143. The van der Waals surface area contributed by atoms with Gasteiger partial charge in [0.15, 0.2) is 11.5 Å². The van der Waals surface area contributed by atoms with E-state index in [0.29, 0.717) is 30.2 Å². The number of ether oxygens (including phenoxy) is 3. The topological polar surface area (TPSA) is 65.1 Å². The molecule has 1 heterocycles. The number of fused-ring (bicyclic) bond motifs is 1. The second-order valence-corrected chi connectivity index (χ2v) is 6.34. The lowest BCUT2D eigenvalue weighted by atomic mass is 10.1. The van der Waals surface area contributed by atoms with Crippen molar-refractivity contribution >= 4 is 11.9 Å². The Kier molecular flexibility index (Phi) is 5.96. The van der Waals surface area contributed by atoms with Gasteiger partial charge in [0.05, 0.1) is 13.0 Å². The van der Waals surface area contributed by atoms with E-state index in [1.165, 1.54) is 0 Å². The summed E-state index contributed by atoms with van der Waals surface area (Å²) in [4.78, 5) is 26.4. The zero-order chi connectivity index (χ0) is 19.2. The van der Waals surface area contributed by atoms with Gasteiger partial charge in [-0.25, -0.2) is 0 Å². The molecule has 2 aromatic carbocycles. The zero-order valence-electron chi connectivity index (χ0n) is 15.6. The largest absolute Gasteiger partial charge is 0.466 e. The minimum absolute atomic E-state index is 0.128. The van der Waals surface area contributed by atoms with Crippen molar-refractivity contribution in [2.45, 2.75) is 26.8 Å². The molecule has 0 fully saturated rings. The highest BCUT2D eigenvalue weighted by atomic mass is 16.7. The Morgan fingerprint density at radius 1 is 1.07 bits per heavy atom. The molecule has 1 amide bonds. The molecule has 0 unspecified atom stereocenters. The minimum atomic E-state index is -0.315. The summed E-state index contributed by atoms with van der Waals surface area (Å²) in [5.74, 6) is 0.921. The molecule has 1 aliphatic rings. The van der Waals surface area contributed by atoms with Crippen LogP contribution in [0, 0.1) is 6.92 Å². The van der Waals surface area contributed by atoms with Gasteiger partial charge in [-0.3, -0.25) is 9.59 Å². The van der Waals surface area contributed by atoms with Crippen molar-refractivity contribution in [3.05, 3.63) is 59.2 Å². The molecule has 0 atom stereocenters. The van der Waals surface area contributed by atoms with E-state index in [0.717, 1.165) is 11.1 Å². The average molecular weight is 369 g/mol. The molecule has 27 heavy (non-hydrogen) atoms. The number of amides is 1. The van der Waals surface area contributed by atoms with Gasteiger partial charge in [0.2, 0.25) is 6.79 Å². The van der Waals surface area contributed by atoms with Gasteiger partial charge in [0.1, 0.15) is 0 Å². The van der Waals surface area contributed by atoms with Gasteiger partial charge in [-0.15, -0.1) is 0 Å². The lowest BCUT2D eigenvalue weighted by Gasteiger charge is -2.23. The second kappa shape index (κ2) is 8.58. The third-order valence-electron chi connectivity index (χ3n) is 4.29. The van der Waals surface area contributed by atoms with Gasteiger partial charge >= 0.3 is 5.97 Å². The molecule has 0 bridgehead atoms. The van der Waals surface area contributed by atoms with E-state index in [4.69, 9.17) is 14.2 Å². The molecule has 2 aromatic rings. The van der Waals surface area contributed by atoms with Gasteiger partial charge in [0, 0.05) is 18.7 Å². The molecule has 6 heteroatoms. The van der Waals surface area contributed by atoms with E-state index in [9.17, 15) is 9.59 Å². The fourth-order valence-corrected chi connectivity index (χ4v) is 2.85. The molecule has 0 radical (unpaired) electrons. The van der Waals surface area contributed by atoms with Crippen LogP contribution in [0.5, 0.6) is 11.5 Å². The number of hydrogen-bond donors (Lipinski definition) is 0. The number of carbonyl (C=O) groups excluding carboxylic acids is 2. The molecular formula is C21H23NO5. The van der Waals surface area contributed by atoms with Crippen LogP contribution in [0.25, 0.3) is 0 Å². The van der Waals surface area contributed by atoms with Crippen molar-refractivity contribution in [3.8, 4) is 11.5 Å². The molecule has 0 spiro atoms. The summed E-state index contributed by atoms with van der Waals surface area (Å²) in [5, 5.41) is 0. The highest BCUT2D eigenvalue weighted by molar-refractivity contribution is 5.94. The van der Waals surface area contributed by atoms with Crippen molar-refractivity contribution in [1.29, 1.82) is 0 Å². The number of benzene rings is 2. The van der Waals surface area contributed by atoms with Crippen molar-refractivity contribution in [3.63, 3.8) is 0 Å². The molecule has 0 aromatic heterocycles. The van der Waals surface area contributed by atoms with E-state index >= 15 is 0 Å². The molecule has 6 nitrogen and oxygen atoms in total. The van der Waals surface area contributed by atoms with E-state index < -0.39 is 0 Å². The molecule has 0 aliphatic carbocycles. The number of nitrogens with zero attached hydrogens (tertiary/aromatic N) is 1. The summed E-state index contributed by atoms with van der Waals surface area (Å²) >= 11 is 0. The minimum Gasteiger partial charge on any atom is -0.466 e. The van der Waals surface area contributed by atoms with Crippen molar-refractivity contribution in [2.75, 3.05) is 19.9 Å². The highest BCUT2D eigenvalue weighted by Crippen LogP contribution is 2.33. The van der Waals surface area contributed by atoms with Gasteiger partial charge < -0.3 is 19.1 Å². The van der Waals surface area contributed by atoms with Crippen LogP contribution in [-0.2, 0) is 16.1 Å². The van der Waals surface area contributed by atoms with Crippen molar-refractivity contribution in [1.82, 2.24) is 4.90 Å². The fraction of sp³-hybridized carbons (Fsp3) is 0.333. The SMILES string of the molecule is CCOC(=O)CCN(Cc1ccc2c(c1)OCO2)C(=O)c1ccc(C)cc1. The van der Waals surface area contributed by atoms with Gasteiger partial charge in [-0.05, 0) is 43.7 Å². The quantitative estimate of drug-likeness (QED) is 0.701. The highest BCUT2D eigenvalue weighted by Gasteiger charge is 2.20. The molecule has 1 aliphatic heterocycles. The first-order chi connectivity index (χ1) is 13.1. The average Bonchev–Trinajstić information content (AvgIpc) is 3.13. The van der Waals surface area contributed by atoms with E-state index in [1.54, 1.807) is 24.0 Å². The second-order valence-electron chi connectivity index (χ2n) is 6.34. The smallest absolute Gasteiger partial charge is 0.307 e. The Bertz CT molecular complexity index is 816. The summed E-state index contributed by atoms with van der Waals surface area (Å²) in [7, 11) is 0. The standard InChI is InChI=1S/C21H23NO5/c1-3-25-20(23)10-11-22(21(24)17-7-4-15(2)5-8-17)13-16-6-9-18-19(12-16)27-14-26-18/h4-9,12H,3,10-11,13-14H2,1-2H3. The Morgan fingerprint density at radius 2 is 1.81 bits per heavy atom. The van der Waals surface area contributed by atoms with Crippen LogP contribution in [0.3, 0.4) is 0 Å². The number of rotatable bonds is 7. The predicted octanol–water partition coefficient (Wildman–Crippen LogP) is 3.32. The molecule has 0 N–H and O–H groups in total. The number of carbonyl (C=O) groups is 2. The summed E-state index contributed by atoms with van der Waals surface area (Å²) in [6.07, 6.45) is 0.149. The Balaban J connectivity index is 1.77. The van der Waals surface area contributed by atoms with Gasteiger partial charge in [-0.2, -0.15) is 0 Å². The summed E-state index contributed by atoms with van der Waals surface area (Å²) < 4.78 is 15.7. The van der Waals surface area contributed by atoms with Gasteiger partial charge in [-0.1, -0.05) is 23.8 Å². The Hall–Kier alpha value is -3.02. The Morgan fingerprint density at radius 3 is 2.56 bits per heavy atom. The molecular weight excluding hydrogens is 346 g/mol. The third-order valence-corrected chi connectivity index (χ3v) is 4.29. The van der Waals surface area contributed by atoms with Gasteiger partial charge in [0.25, 0.3) is 5.91 Å². The van der Waals surface area contributed by atoms with Crippen molar-refractivity contribution < 1.29 is 23.8 Å². The molecule has 0 saturated heterocycles. The lowest BCUT2D eigenvalue weighted by Crippen LogP contribution is -2.33. The molecule has 0 saturated carbocycles. The van der Waals surface area contributed by atoms with E-state index in [1.807, 2.05) is 37.3 Å². The number of esters is 1. The van der Waals surface area contributed by atoms with Crippen molar-refractivity contribution in [2.24, 2.45) is 0 Å². The monoisotopic (exact) mass is 369 g/mol. The maximum Gasteiger partial charge on any atom is 0.307 e. The summed E-state index contributed by atoms with van der Waals surface area (Å²) in [6.45, 7) is 4.91. The van der Waals surface area contributed by atoms with Crippen LogP contribution in [0.1, 0.15) is 34.8 Å². The first-order valence-electron chi connectivity index (χ1n) is 8.97. The van der Waals surface area contributed by atoms with E-state index in [-0.39, 0.29) is 31.6 Å². The maximum absolute atomic E-state index is 13.0. The first kappa shape index (κ1) is 18.8. The normalized spacial score (nSPS) is 11.9. The Labute approximate surface area is 158 Å². The fourth-order valence-electron chi connectivity index (χ4n) is 2.85. The summed E-state index contributed by atoms with van der Waals surface area (Å²) in [5.41, 5.74) is 2.58. The van der Waals surface area contributed by atoms with Crippen LogP contribution in [0.4, 0.5) is 0 Å². The number of hydrogen-bond acceptors (Lipinski definition) is 5. The van der Waals surface area contributed by atoms with Crippen LogP contribution >= 0.6 is 0 Å². The number of aryl methyl sites for hydroxylation is 1. The maximum atomic E-state index is 13.0. The third kappa shape index (κ3) is 4.78.